The van der Waals surface area contributed by atoms with Crippen molar-refractivity contribution in [2.45, 2.75) is 52.1 Å². The number of carbonyl (C=O) groups is 1. The summed E-state index contributed by atoms with van der Waals surface area (Å²) in [7, 11) is 0. The fraction of sp³-hybridized carbons (Fsp3) is 0.381. The number of carbonyl (C=O) groups excluding carboxylic acids is 1. The van der Waals surface area contributed by atoms with Crippen molar-refractivity contribution in [3.8, 4) is 0 Å². The molecule has 3 rings (SSSR count). The van der Waals surface area contributed by atoms with E-state index in [1.807, 2.05) is 12.1 Å². The molecule has 2 heteroatoms. The number of esters is 1. The van der Waals surface area contributed by atoms with Crippen LogP contribution in [0.5, 0.6) is 0 Å². The number of aryl methyl sites for hydroxylation is 1. The summed E-state index contributed by atoms with van der Waals surface area (Å²) in [6, 6.07) is 10.6. The van der Waals surface area contributed by atoms with E-state index in [0.717, 1.165) is 31.2 Å². The minimum absolute atomic E-state index is 0.0970. The molecule has 0 amide bonds. The zero-order valence-electron chi connectivity index (χ0n) is 14.0. The van der Waals surface area contributed by atoms with Gasteiger partial charge in [0.25, 0.3) is 0 Å². The second kappa shape index (κ2) is 6.99. The van der Waals surface area contributed by atoms with Gasteiger partial charge in [-0.1, -0.05) is 63.1 Å². The van der Waals surface area contributed by atoms with Gasteiger partial charge < -0.3 is 4.74 Å². The Morgan fingerprint density at radius 1 is 1.13 bits per heavy atom. The number of benzene rings is 2. The smallest absolute Gasteiger partial charge is 0.306 e. The lowest BCUT2D eigenvalue weighted by atomic mass is 9.88. The predicted molar refractivity (Wildman–Crippen MR) is 95.3 cm³/mol. The lowest BCUT2D eigenvalue weighted by molar-refractivity contribution is -0.147. The van der Waals surface area contributed by atoms with E-state index in [0.29, 0.717) is 6.42 Å². The lowest BCUT2D eigenvalue weighted by Crippen LogP contribution is -2.12. The first-order chi connectivity index (χ1) is 11.2. The number of hydrogen-bond donors (Lipinski definition) is 0. The highest BCUT2D eigenvalue weighted by Crippen LogP contribution is 2.37. The molecular weight excluding hydrogens is 284 g/mol. The van der Waals surface area contributed by atoms with Crippen LogP contribution in [0.2, 0.25) is 0 Å². The second-order valence-electron chi connectivity index (χ2n) is 6.16. The normalized spacial score (nSPS) is 15.8. The van der Waals surface area contributed by atoms with E-state index in [4.69, 9.17) is 4.74 Å². The van der Waals surface area contributed by atoms with Crippen molar-refractivity contribution in [2.75, 3.05) is 0 Å². The Morgan fingerprint density at radius 3 is 2.78 bits per heavy atom. The maximum Gasteiger partial charge on any atom is 0.306 e. The monoisotopic (exact) mass is 308 g/mol. The van der Waals surface area contributed by atoms with Crippen LogP contribution >= 0.6 is 0 Å². The van der Waals surface area contributed by atoms with Gasteiger partial charge in [-0.25, -0.2) is 0 Å². The molecule has 2 nitrogen and oxygen atoms in total. The Labute approximate surface area is 138 Å². The van der Waals surface area contributed by atoms with Gasteiger partial charge in [-0.3, -0.25) is 4.79 Å². The van der Waals surface area contributed by atoms with Crippen molar-refractivity contribution < 1.29 is 9.53 Å². The first-order valence-electron chi connectivity index (χ1n) is 8.66. The molecule has 1 aliphatic carbocycles. The Bertz CT molecular complexity index is 743. The van der Waals surface area contributed by atoms with Crippen LogP contribution < -0.4 is 0 Å². The molecule has 0 saturated heterocycles. The predicted octanol–water partition coefficient (Wildman–Crippen LogP) is 5.59. The second-order valence-corrected chi connectivity index (χ2v) is 6.16. The number of rotatable bonds is 6. The standard InChI is InChI=1S/C21H24O2/c1-3-5-6-10-20(22)23-19-14-13-17-15(4-2)11-12-16-8-7-9-18(19)21(16)17/h7-9,11-14,19H,3-6,10H2,1-2H3. The van der Waals surface area contributed by atoms with Gasteiger partial charge in [-0.05, 0) is 40.8 Å². The summed E-state index contributed by atoms with van der Waals surface area (Å²) in [6.45, 7) is 4.31. The molecule has 1 atom stereocenters. The molecule has 0 saturated carbocycles. The molecule has 0 aromatic heterocycles. The summed E-state index contributed by atoms with van der Waals surface area (Å²) < 4.78 is 5.73. The van der Waals surface area contributed by atoms with E-state index < -0.39 is 0 Å². The lowest BCUT2D eigenvalue weighted by Gasteiger charge is -2.23. The molecule has 0 heterocycles. The van der Waals surface area contributed by atoms with Gasteiger partial charge in [0.15, 0.2) is 0 Å². The van der Waals surface area contributed by atoms with Crippen LogP contribution in [-0.2, 0) is 16.0 Å². The summed E-state index contributed by atoms with van der Waals surface area (Å²) in [5, 5.41) is 2.45. The third-order valence-electron chi connectivity index (χ3n) is 4.58. The topological polar surface area (TPSA) is 26.3 Å². The number of ether oxygens (including phenoxy) is 1. The van der Waals surface area contributed by atoms with E-state index in [9.17, 15) is 4.79 Å². The summed E-state index contributed by atoms with van der Waals surface area (Å²) in [5.74, 6) is -0.0970. The van der Waals surface area contributed by atoms with Gasteiger partial charge in [0.1, 0.15) is 6.10 Å². The summed E-state index contributed by atoms with van der Waals surface area (Å²) in [4.78, 5) is 12.1. The van der Waals surface area contributed by atoms with Crippen LogP contribution in [0.15, 0.2) is 36.4 Å². The Hall–Kier alpha value is -2.09. The minimum Gasteiger partial charge on any atom is -0.453 e. The molecule has 120 valence electrons. The molecule has 0 bridgehead atoms. The van der Waals surface area contributed by atoms with E-state index >= 15 is 0 Å². The Balaban J connectivity index is 1.89. The molecule has 2 aromatic rings. The average Bonchev–Trinajstić information content (AvgIpc) is 2.58. The largest absolute Gasteiger partial charge is 0.453 e. The average molecular weight is 308 g/mol. The molecular formula is C21H24O2. The van der Waals surface area contributed by atoms with E-state index in [-0.39, 0.29) is 12.1 Å². The van der Waals surface area contributed by atoms with Crippen molar-refractivity contribution in [3.63, 3.8) is 0 Å². The van der Waals surface area contributed by atoms with Gasteiger partial charge in [0.05, 0.1) is 0 Å². The third-order valence-corrected chi connectivity index (χ3v) is 4.58. The van der Waals surface area contributed by atoms with Gasteiger partial charge in [-0.15, -0.1) is 0 Å². The van der Waals surface area contributed by atoms with Crippen molar-refractivity contribution in [2.24, 2.45) is 0 Å². The van der Waals surface area contributed by atoms with Crippen LogP contribution in [0.25, 0.3) is 16.8 Å². The molecule has 1 aliphatic rings. The van der Waals surface area contributed by atoms with Gasteiger partial charge >= 0.3 is 5.97 Å². The van der Waals surface area contributed by atoms with Gasteiger partial charge in [-0.2, -0.15) is 0 Å². The highest BCUT2D eigenvalue weighted by atomic mass is 16.5. The van der Waals surface area contributed by atoms with Crippen LogP contribution in [-0.4, -0.2) is 5.97 Å². The van der Waals surface area contributed by atoms with E-state index in [1.165, 1.54) is 21.9 Å². The SMILES string of the molecule is CCCCCC(=O)OC1C=Cc2c(CC)ccc3cccc1c23. The quantitative estimate of drug-likeness (QED) is 0.513. The maximum atomic E-state index is 12.1. The highest BCUT2D eigenvalue weighted by molar-refractivity contribution is 5.96. The van der Waals surface area contributed by atoms with E-state index in [1.54, 1.807) is 0 Å². The summed E-state index contributed by atoms with van der Waals surface area (Å²) >= 11 is 0. The van der Waals surface area contributed by atoms with Gasteiger partial charge in [0, 0.05) is 12.0 Å². The van der Waals surface area contributed by atoms with Crippen molar-refractivity contribution in [3.05, 3.63) is 53.1 Å². The van der Waals surface area contributed by atoms with Crippen molar-refractivity contribution in [1.29, 1.82) is 0 Å². The van der Waals surface area contributed by atoms with Crippen LogP contribution in [0.4, 0.5) is 0 Å². The van der Waals surface area contributed by atoms with Gasteiger partial charge in [0.2, 0.25) is 0 Å². The maximum absolute atomic E-state index is 12.1. The zero-order chi connectivity index (χ0) is 16.2. The van der Waals surface area contributed by atoms with Crippen molar-refractivity contribution in [1.82, 2.24) is 0 Å². The molecule has 1 unspecified atom stereocenters. The first kappa shape index (κ1) is 15.8. The molecule has 2 aromatic carbocycles. The first-order valence-corrected chi connectivity index (χ1v) is 8.66. The highest BCUT2D eigenvalue weighted by Gasteiger charge is 2.21. The molecule has 0 N–H and O–H groups in total. The van der Waals surface area contributed by atoms with Crippen LogP contribution in [0, 0.1) is 0 Å². The van der Waals surface area contributed by atoms with E-state index in [2.05, 4.69) is 44.2 Å². The number of hydrogen-bond acceptors (Lipinski definition) is 2. The molecule has 23 heavy (non-hydrogen) atoms. The van der Waals surface area contributed by atoms with Crippen LogP contribution in [0.3, 0.4) is 0 Å². The molecule has 0 fully saturated rings. The Morgan fingerprint density at radius 2 is 2.00 bits per heavy atom. The summed E-state index contributed by atoms with van der Waals surface area (Å²) in [6.07, 6.45) is 8.50. The fourth-order valence-corrected chi connectivity index (χ4v) is 3.33. The summed E-state index contributed by atoms with van der Waals surface area (Å²) in [5.41, 5.74) is 3.73. The molecule has 0 aliphatic heterocycles. The zero-order valence-corrected chi connectivity index (χ0v) is 14.0. The van der Waals surface area contributed by atoms with Crippen molar-refractivity contribution >= 4 is 22.8 Å². The van der Waals surface area contributed by atoms with Crippen LogP contribution in [0.1, 0.15) is 62.3 Å². The Kier molecular flexibility index (Phi) is 4.80. The molecule has 0 spiro atoms. The third kappa shape index (κ3) is 3.17. The number of unbranched alkanes of at least 4 members (excludes halogenated alkanes) is 2. The minimum atomic E-state index is -0.257. The molecule has 0 radical (unpaired) electrons. The fourth-order valence-electron chi connectivity index (χ4n) is 3.33.